The molecule has 1 amide bonds. The molecule has 114 valence electrons. The van der Waals surface area contributed by atoms with Crippen molar-refractivity contribution < 1.29 is 14.6 Å². The minimum Gasteiger partial charge on any atom is -0.483 e. The summed E-state index contributed by atoms with van der Waals surface area (Å²) in [5.74, 6) is 1.42. The minimum atomic E-state index is -0.236. The van der Waals surface area contributed by atoms with Crippen molar-refractivity contribution >= 4 is 21.8 Å². The number of hydrogen-bond acceptors (Lipinski definition) is 3. The first-order valence-corrected chi connectivity index (χ1v) is 8.18. The van der Waals surface area contributed by atoms with Gasteiger partial charge in [0.2, 0.25) is 0 Å². The van der Waals surface area contributed by atoms with Crippen molar-refractivity contribution in [3.63, 3.8) is 0 Å². The second-order valence-electron chi connectivity index (χ2n) is 6.09. The van der Waals surface area contributed by atoms with E-state index in [2.05, 4.69) is 15.9 Å². The van der Waals surface area contributed by atoms with E-state index in [1.807, 2.05) is 30.0 Å². The Morgan fingerprint density at radius 2 is 2.24 bits per heavy atom. The van der Waals surface area contributed by atoms with Crippen LogP contribution in [0.4, 0.5) is 0 Å². The van der Waals surface area contributed by atoms with Crippen LogP contribution < -0.4 is 4.74 Å². The monoisotopic (exact) mass is 353 g/mol. The zero-order valence-corrected chi connectivity index (χ0v) is 13.7. The Kier molecular flexibility index (Phi) is 4.22. The second kappa shape index (κ2) is 5.97. The average molecular weight is 354 g/mol. The van der Waals surface area contributed by atoms with Gasteiger partial charge < -0.3 is 14.7 Å². The van der Waals surface area contributed by atoms with Crippen molar-refractivity contribution in [3.05, 3.63) is 28.2 Å². The number of aliphatic hydroxyl groups is 1. The van der Waals surface area contributed by atoms with Crippen molar-refractivity contribution in [1.82, 2.24) is 4.90 Å². The fourth-order valence-corrected chi connectivity index (χ4v) is 4.00. The summed E-state index contributed by atoms with van der Waals surface area (Å²) < 4.78 is 6.48. The van der Waals surface area contributed by atoms with Crippen molar-refractivity contribution in [2.75, 3.05) is 19.7 Å². The van der Waals surface area contributed by atoms with E-state index in [4.69, 9.17) is 4.74 Å². The molecule has 2 aliphatic rings. The maximum Gasteiger partial charge on any atom is 0.260 e. The Labute approximate surface area is 133 Å². The first-order chi connectivity index (χ1) is 10.0. The molecule has 2 fully saturated rings. The van der Waals surface area contributed by atoms with E-state index in [9.17, 15) is 9.90 Å². The van der Waals surface area contributed by atoms with E-state index in [0.29, 0.717) is 18.2 Å². The number of benzene rings is 1. The quantitative estimate of drug-likeness (QED) is 0.907. The molecule has 0 spiro atoms. The van der Waals surface area contributed by atoms with E-state index in [1.165, 1.54) is 0 Å². The molecule has 3 rings (SSSR count). The largest absolute Gasteiger partial charge is 0.483 e. The van der Waals surface area contributed by atoms with E-state index in [-0.39, 0.29) is 24.5 Å². The maximum absolute atomic E-state index is 12.2. The molecular formula is C16H20BrNO3. The number of halogens is 1. The van der Waals surface area contributed by atoms with Gasteiger partial charge in [-0.05, 0) is 59.3 Å². The number of ether oxygens (including phenoxy) is 1. The number of aryl methyl sites for hydroxylation is 1. The van der Waals surface area contributed by atoms with Gasteiger partial charge in [-0.1, -0.05) is 6.07 Å². The van der Waals surface area contributed by atoms with Gasteiger partial charge in [0.25, 0.3) is 5.91 Å². The molecule has 1 saturated carbocycles. The van der Waals surface area contributed by atoms with Crippen LogP contribution in [0.15, 0.2) is 22.7 Å². The third kappa shape index (κ3) is 3.09. The Balaban J connectivity index is 1.55. The number of fused-ring (bicyclic) bond motifs is 1. The molecule has 0 bridgehead atoms. The molecule has 3 unspecified atom stereocenters. The van der Waals surface area contributed by atoms with Gasteiger partial charge in [-0.3, -0.25) is 4.79 Å². The zero-order chi connectivity index (χ0) is 15.0. The number of carbonyl (C=O) groups is 1. The average Bonchev–Trinajstić information content (AvgIpc) is 3.00. The third-order valence-corrected chi connectivity index (χ3v) is 5.23. The summed E-state index contributed by atoms with van der Waals surface area (Å²) in [4.78, 5) is 14.1. The number of nitrogens with zero attached hydrogens (tertiary/aromatic N) is 1. The standard InChI is InChI=1S/C16H20BrNO3/c1-10-2-5-15(13(17)6-10)21-9-16(20)18-7-11-3-4-14(19)12(11)8-18/h2,5-6,11-12,14,19H,3-4,7-9H2,1H3. The van der Waals surface area contributed by atoms with E-state index < -0.39 is 0 Å². The highest BCUT2D eigenvalue weighted by molar-refractivity contribution is 9.10. The van der Waals surface area contributed by atoms with Gasteiger partial charge in [-0.2, -0.15) is 0 Å². The highest BCUT2D eigenvalue weighted by atomic mass is 79.9. The van der Waals surface area contributed by atoms with Crippen LogP contribution in [-0.2, 0) is 4.79 Å². The number of rotatable bonds is 3. The lowest BCUT2D eigenvalue weighted by molar-refractivity contribution is -0.132. The van der Waals surface area contributed by atoms with Gasteiger partial charge in [0.05, 0.1) is 10.6 Å². The number of aliphatic hydroxyl groups excluding tert-OH is 1. The molecule has 1 aliphatic carbocycles. The number of likely N-dealkylation sites (tertiary alicyclic amines) is 1. The molecule has 1 aliphatic heterocycles. The molecule has 3 atom stereocenters. The van der Waals surface area contributed by atoms with Crippen LogP contribution in [0, 0.1) is 18.8 Å². The normalized spacial score (nSPS) is 27.8. The highest BCUT2D eigenvalue weighted by Gasteiger charge is 2.43. The topological polar surface area (TPSA) is 49.8 Å². The molecular weight excluding hydrogens is 334 g/mol. The predicted molar refractivity (Wildman–Crippen MR) is 83.2 cm³/mol. The summed E-state index contributed by atoms with van der Waals surface area (Å²) in [6.07, 6.45) is 1.67. The molecule has 21 heavy (non-hydrogen) atoms. The Hall–Kier alpha value is -1.07. The van der Waals surface area contributed by atoms with Crippen LogP contribution in [0.25, 0.3) is 0 Å². The van der Waals surface area contributed by atoms with Crippen molar-refractivity contribution in [2.24, 2.45) is 11.8 Å². The highest BCUT2D eigenvalue weighted by Crippen LogP contribution is 2.38. The molecule has 0 radical (unpaired) electrons. The molecule has 1 aromatic carbocycles. The molecule has 1 aromatic rings. The van der Waals surface area contributed by atoms with E-state index in [0.717, 1.165) is 29.4 Å². The summed E-state index contributed by atoms with van der Waals surface area (Å²) in [6, 6.07) is 5.80. The number of hydrogen-bond donors (Lipinski definition) is 1. The Morgan fingerprint density at radius 1 is 1.43 bits per heavy atom. The lowest BCUT2D eigenvalue weighted by Crippen LogP contribution is -2.34. The van der Waals surface area contributed by atoms with Crippen LogP contribution >= 0.6 is 15.9 Å². The summed E-state index contributed by atoms with van der Waals surface area (Å²) in [5.41, 5.74) is 1.14. The van der Waals surface area contributed by atoms with Crippen LogP contribution in [0.5, 0.6) is 5.75 Å². The lowest BCUT2D eigenvalue weighted by Gasteiger charge is -2.19. The smallest absolute Gasteiger partial charge is 0.260 e. The van der Waals surface area contributed by atoms with Gasteiger partial charge in [0, 0.05) is 19.0 Å². The van der Waals surface area contributed by atoms with E-state index in [1.54, 1.807) is 0 Å². The van der Waals surface area contributed by atoms with Gasteiger partial charge >= 0.3 is 0 Å². The van der Waals surface area contributed by atoms with Gasteiger partial charge in [-0.25, -0.2) is 0 Å². The van der Waals surface area contributed by atoms with E-state index >= 15 is 0 Å². The number of amides is 1. The predicted octanol–water partition coefficient (Wildman–Crippen LogP) is 2.37. The summed E-state index contributed by atoms with van der Waals surface area (Å²) in [6.45, 7) is 3.49. The first-order valence-electron chi connectivity index (χ1n) is 7.39. The van der Waals surface area contributed by atoms with Gasteiger partial charge in [-0.15, -0.1) is 0 Å². The SMILES string of the molecule is Cc1ccc(OCC(=O)N2CC3CCC(O)C3C2)c(Br)c1. The summed E-state index contributed by atoms with van der Waals surface area (Å²) >= 11 is 3.45. The second-order valence-corrected chi connectivity index (χ2v) is 6.94. The van der Waals surface area contributed by atoms with Crippen molar-refractivity contribution in [2.45, 2.75) is 25.9 Å². The van der Waals surface area contributed by atoms with Gasteiger partial charge in [0.15, 0.2) is 6.61 Å². The lowest BCUT2D eigenvalue weighted by atomic mass is 10.00. The number of carbonyl (C=O) groups excluding carboxylic acids is 1. The molecule has 1 saturated heterocycles. The molecule has 1 N–H and O–H groups in total. The molecule has 5 heteroatoms. The fourth-order valence-electron chi connectivity index (χ4n) is 3.39. The third-order valence-electron chi connectivity index (χ3n) is 4.61. The zero-order valence-electron chi connectivity index (χ0n) is 12.1. The summed E-state index contributed by atoms with van der Waals surface area (Å²) in [7, 11) is 0. The van der Waals surface area contributed by atoms with Crippen LogP contribution in [0.3, 0.4) is 0 Å². The molecule has 1 heterocycles. The van der Waals surface area contributed by atoms with Gasteiger partial charge in [0.1, 0.15) is 5.75 Å². The summed E-state index contributed by atoms with van der Waals surface area (Å²) in [5, 5.41) is 9.89. The molecule has 4 nitrogen and oxygen atoms in total. The fraction of sp³-hybridized carbons (Fsp3) is 0.562. The Bertz CT molecular complexity index is 548. The van der Waals surface area contributed by atoms with Crippen LogP contribution in [-0.4, -0.2) is 41.7 Å². The van der Waals surface area contributed by atoms with Crippen LogP contribution in [0.1, 0.15) is 18.4 Å². The first kappa shape index (κ1) is 14.9. The van der Waals surface area contributed by atoms with Crippen molar-refractivity contribution in [3.8, 4) is 5.75 Å². The van der Waals surface area contributed by atoms with Crippen LogP contribution in [0.2, 0.25) is 0 Å². The Morgan fingerprint density at radius 3 is 2.95 bits per heavy atom. The van der Waals surface area contributed by atoms with Crippen molar-refractivity contribution in [1.29, 1.82) is 0 Å². The molecule has 0 aromatic heterocycles. The minimum absolute atomic E-state index is 0.00377. The maximum atomic E-state index is 12.2.